The number of rotatable bonds is 6. The van der Waals surface area contributed by atoms with Crippen molar-refractivity contribution in [1.82, 2.24) is 25.3 Å². The maximum Gasteiger partial charge on any atom is 0.234 e. The topological polar surface area (TPSA) is 64.6 Å². The molecule has 1 N–H and O–H groups in total. The van der Waals surface area contributed by atoms with Gasteiger partial charge in [-0.15, -0.1) is 5.10 Å². The van der Waals surface area contributed by atoms with E-state index >= 15 is 0 Å². The molecule has 2 fully saturated rings. The summed E-state index contributed by atoms with van der Waals surface area (Å²) in [6, 6.07) is 9.34. The van der Waals surface area contributed by atoms with Gasteiger partial charge < -0.3 is 15.1 Å². The van der Waals surface area contributed by atoms with Crippen molar-refractivity contribution in [3.05, 3.63) is 42.3 Å². The SMILES string of the molecule is CN(C)C1CCC(NC(=O)CN2CCN(c3cc(-c4ccc(F)cc4)cnn3)CC2)CC1. The maximum atomic E-state index is 13.2. The van der Waals surface area contributed by atoms with Crippen molar-refractivity contribution in [3.8, 4) is 11.1 Å². The first-order valence-electron chi connectivity index (χ1n) is 11.5. The van der Waals surface area contributed by atoms with Gasteiger partial charge >= 0.3 is 0 Å². The molecule has 1 aliphatic heterocycles. The first-order valence-corrected chi connectivity index (χ1v) is 11.5. The number of amides is 1. The molecular weight excluding hydrogens is 407 g/mol. The number of hydrogen-bond acceptors (Lipinski definition) is 6. The molecule has 0 radical (unpaired) electrons. The number of anilines is 1. The van der Waals surface area contributed by atoms with Crippen LogP contribution in [0, 0.1) is 5.82 Å². The second kappa shape index (κ2) is 10.4. The van der Waals surface area contributed by atoms with E-state index < -0.39 is 0 Å². The zero-order chi connectivity index (χ0) is 22.5. The molecule has 7 nitrogen and oxygen atoms in total. The van der Waals surface area contributed by atoms with Crippen LogP contribution in [0.4, 0.5) is 10.2 Å². The fourth-order valence-corrected chi connectivity index (χ4v) is 4.66. The van der Waals surface area contributed by atoms with Gasteiger partial charge in [0.25, 0.3) is 0 Å². The van der Waals surface area contributed by atoms with Crippen LogP contribution in [0.1, 0.15) is 25.7 Å². The maximum absolute atomic E-state index is 13.2. The average molecular weight is 441 g/mol. The van der Waals surface area contributed by atoms with Gasteiger partial charge in [-0.25, -0.2) is 4.39 Å². The van der Waals surface area contributed by atoms with E-state index in [2.05, 4.69) is 44.3 Å². The summed E-state index contributed by atoms with van der Waals surface area (Å²) in [5.74, 6) is 0.691. The van der Waals surface area contributed by atoms with Gasteiger partial charge in [-0.3, -0.25) is 9.69 Å². The molecule has 1 saturated carbocycles. The minimum absolute atomic E-state index is 0.129. The first kappa shape index (κ1) is 22.6. The van der Waals surface area contributed by atoms with Crippen molar-refractivity contribution in [2.45, 2.75) is 37.8 Å². The molecule has 0 atom stereocenters. The summed E-state index contributed by atoms with van der Waals surface area (Å²) in [5, 5.41) is 11.7. The van der Waals surface area contributed by atoms with Gasteiger partial charge in [0.05, 0.1) is 12.7 Å². The van der Waals surface area contributed by atoms with Crippen LogP contribution in [0.3, 0.4) is 0 Å². The number of nitrogens with zero attached hydrogens (tertiary/aromatic N) is 5. The highest BCUT2D eigenvalue weighted by Crippen LogP contribution is 2.23. The lowest BCUT2D eigenvalue weighted by atomic mass is 9.90. The minimum atomic E-state index is -0.252. The molecule has 1 aliphatic carbocycles. The summed E-state index contributed by atoms with van der Waals surface area (Å²) >= 11 is 0. The predicted octanol–water partition coefficient (Wildman–Crippen LogP) is 2.39. The highest BCUT2D eigenvalue weighted by atomic mass is 19.1. The van der Waals surface area contributed by atoms with Crippen molar-refractivity contribution >= 4 is 11.7 Å². The lowest BCUT2D eigenvalue weighted by Crippen LogP contribution is -2.51. The predicted molar refractivity (Wildman–Crippen MR) is 124 cm³/mol. The highest BCUT2D eigenvalue weighted by molar-refractivity contribution is 5.78. The summed E-state index contributed by atoms with van der Waals surface area (Å²) in [4.78, 5) is 19.2. The number of halogens is 1. The first-order chi connectivity index (χ1) is 15.5. The molecule has 1 amide bonds. The van der Waals surface area contributed by atoms with Gasteiger partial charge in [0.2, 0.25) is 5.91 Å². The molecule has 1 aromatic carbocycles. The van der Waals surface area contributed by atoms with Crippen LogP contribution in [-0.2, 0) is 4.79 Å². The molecule has 0 unspecified atom stereocenters. The molecule has 32 heavy (non-hydrogen) atoms. The van der Waals surface area contributed by atoms with Crippen molar-refractivity contribution in [1.29, 1.82) is 0 Å². The Morgan fingerprint density at radius 3 is 2.41 bits per heavy atom. The second-order valence-corrected chi connectivity index (χ2v) is 9.11. The third kappa shape index (κ3) is 5.81. The van der Waals surface area contributed by atoms with Crippen LogP contribution in [0.5, 0.6) is 0 Å². The standard InChI is InChI=1S/C24H33FN6O/c1-29(2)22-9-7-21(8-10-22)27-24(32)17-30-11-13-31(14-12-30)23-15-19(16-26-28-23)18-3-5-20(25)6-4-18/h3-6,15-16,21-22H,7-14,17H2,1-2H3,(H,27,32). The third-order valence-electron chi connectivity index (χ3n) is 6.67. The number of benzene rings is 1. The van der Waals surface area contributed by atoms with Gasteiger partial charge in [-0.2, -0.15) is 5.10 Å². The second-order valence-electron chi connectivity index (χ2n) is 9.11. The zero-order valence-electron chi connectivity index (χ0n) is 19.0. The van der Waals surface area contributed by atoms with E-state index in [1.54, 1.807) is 18.3 Å². The van der Waals surface area contributed by atoms with Crippen molar-refractivity contribution in [2.75, 3.05) is 51.7 Å². The Balaban J connectivity index is 1.24. The fraction of sp³-hybridized carbons (Fsp3) is 0.542. The number of piperazine rings is 1. The Kier molecular flexibility index (Phi) is 7.32. The van der Waals surface area contributed by atoms with Gasteiger partial charge in [-0.1, -0.05) is 12.1 Å². The third-order valence-corrected chi connectivity index (χ3v) is 6.67. The molecule has 2 aliphatic rings. The van der Waals surface area contributed by atoms with Crippen LogP contribution in [0.25, 0.3) is 11.1 Å². The Morgan fingerprint density at radius 2 is 1.75 bits per heavy atom. The van der Waals surface area contributed by atoms with Gasteiger partial charge in [-0.05, 0) is 63.5 Å². The van der Waals surface area contributed by atoms with E-state index in [-0.39, 0.29) is 11.7 Å². The molecule has 8 heteroatoms. The Labute approximate surface area is 189 Å². The van der Waals surface area contributed by atoms with E-state index in [9.17, 15) is 9.18 Å². The van der Waals surface area contributed by atoms with Gasteiger partial charge in [0.1, 0.15) is 5.82 Å². The largest absolute Gasteiger partial charge is 0.353 e. The number of hydrogen-bond donors (Lipinski definition) is 1. The molecule has 4 rings (SSSR count). The van der Waals surface area contributed by atoms with E-state index in [1.807, 2.05) is 6.07 Å². The van der Waals surface area contributed by atoms with Crippen molar-refractivity contribution in [2.24, 2.45) is 0 Å². The number of carbonyl (C=O) groups is 1. The quantitative estimate of drug-likeness (QED) is 0.744. The number of aromatic nitrogens is 2. The van der Waals surface area contributed by atoms with E-state index in [4.69, 9.17) is 0 Å². The summed E-state index contributed by atoms with van der Waals surface area (Å²) < 4.78 is 13.2. The normalized spacial score (nSPS) is 22.2. The van der Waals surface area contributed by atoms with E-state index in [0.29, 0.717) is 18.6 Å². The number of nitrogens with one attached hydrogen (secondary N) is 1. The zero-order valence-corrected chi connectivity index (χ0v) is 19.0. The highest BCUT2D eigenvalue weighted by Gasteiger charge is 2.25. The molecule has 2 aromatic rings. The molecule has 172 valence electrons. The smallest absolute Gasteiger partial charge is 0.234 e. The molecule has 0 spiro atoms. The van der Waals surface area contributed by atoms with Crippen LogP contribution in [-0.4, -0.2) is 84.8 Å². The van der Waals surface area contributed by atoms with Crippen LogP contribution >= 0.6 is 0 Å². The molecule has 2 heterocycles. The summed E-state index contributed by atoms with van der Waals surface area (Å²) in [5.41, 5.74) is 1.83. The summed E-state index contributed by atoms with van der Waals surface area (Å²) in [6.07, 6.45) is 6.11. The van der Waals surface area contributed by atoms with Crippen LogP contribution in [0.2, 0.25) is 0 Å². The molecule has 1 aromatic heterocycles. The van der Waals surface area contributed by atoms with E-state index in [1.165, 1.54) is 12.1 Å². The molecular formula is C24H33FN6O. The lowest BCUT2D eigenvalue weighted by Gasteiger charge is -2.36. The molecule has 0 bridgehead atoms. The number of carbonyl (C=O) groups excluding carboxylic acids is 1. The van der Waals surface area contributed by atoms with E-state index in [0.717, 1.165) is 68.8 Å². The average Bonchev–Trinajstić information content (AvgIpc) is 2.80. The minimum Gasteiger partial charge on any atom is -0.353 e. The van der Waals surface area contributed by atoms with Crippen molar-refractivity contribution in [3.63, 3.8) is 0 Å². The van der Waals surface area contributed by atoms with Gasteiger partial charge in [0.15, 0.2) is 5.82 Å². The van der Waals surface area contributed by atoms with Gasteiger partial charge in [0, 0.05) is 43.8 Å². The fourth-order valence-electron chi connectivity index (χ4n) is 4.66. The van der Waals surface area contributed by atoms with Crippen molar-refractivity contribution < 1.29 is 9.18 Å². The summed E-state index contributed by atoms with van der Waals surface area (Å²) in [6.45, 7) is 3.65. The molecule has 1 saturated heterocycles. The summed E-state index contributed by atoms with van der Waals surface area (Å²) in [7, 11) is 4.27. The Bertz CT molecular complexity index is 890. The monoisotopic (exact) mass is 440 g/mol. The van der Waals surface area contributed by atoms with Crippen LogP contribution in [0.15, 0.2) is 36.5 Å². The Hall–Kier alpha value is -2.58. The Morgan fingerprint density at radius 1 is 1.06 bits per heavy atom. The van der Waals surface area contributed by atoms with Crippen LogP contribution < -0.4 is 10.2 Å². The lowest BCUT2D eigenvalue weighted by molar-refractivity contribution is -0.123.